The Bertz CT molecular complexity index is 1010. The molecule has 7 nitrogen and oxygen atoms in total. The molecule has 8 heteroatoms. The molecule has 1 aromatic rings. The van der Waals surface area contributed by atoms with Gasteiger partial charge in [-0.3, -0.25) is 4.90 Å². The molecule has 33 heavy (non-hydrogen) atoms. The Morgan fingerprint density at radius 1 is 0.970 bits per heavy atom. The highest BCUT2D eigenvalue weighted by atomic mass is 32.2. The molecule has 1 aromatic carbocycles. The Kier molecular flexibility index (Phi) is 6.51. The normalized spacial score (nSPS) is 24.3. The van der Waals surface area contributed by atoms with E-state index in [2.05, 4.69) is 33.0 Å². The third kappa shape index (κ3) is 4.98. The molecule has 2 aliphatic carbocycles. The van der Waals surface area contributed by atoms with Gasteiger partial charge in [0.05, 0.1) is 0 Å². The van der Waals surface area contributed by atoms with Crippen molar-refractivity contribution in [1.82, 2.24) is 14.5 Å². The lowest BCUT2D eigenvalue weighted by Gasteiger charge is -2.37. The SMILES string of the molecule is CN1CCC(N2CCCC2/C=C/S(=O)(=O)NC(=O)Nc2c3c(cc4c2CCC4)CCC3)CC1. The first kappa shape index (κ1) is 22.9. The summed E-state index contributed by atoms with van der Waals surface area (Å²) in [5.41, 5.74) is 5.86. The van der Waals surface area contributed by atoms with E-state index in [1.807, 2.05) is 0 Å². The largest absolute Gasteiger partial charge is 0.333 e. The molecule has 0 aromatic heterocycles. The number of fused-ring (bicyclic) bond motifs is 2. The number of likely N-dealkylation sites (tertiary alicyclic amines) is 2. The molecule has 2 N–H and O–H groups in total. The van der Waals surface area contributed by atoms with Crippen molar-refractivity contribution in [2.45, 2.75) is 76.3 Å². The van der Waals surface area contributed by atoms with Gasteiger partial charge in [0, 0.05) is 23.2 Å². The Morgan fingerprint density at radius 2 is 1.64 bits per heavy atom. The Morgan fingerprint density at radius 3 is 2.30 bits per heavy atom. The van der Waals surface area contributed by atoms with Crippen molar-refractivity contribution in [2.24, 2.45) is 0 Å². The highest BCUT2D eigenvalue weighted by molar-refractivity contribution is 7.92. The molecule has 0 bridgehead atoms. The summed E-state index contributed by atoms with van der Waals surface area (Å²) < 4.78 is 27.6. The fraction of sp³-hybridized carbons (Fsp3) is 0.640. The summed E-state index contributed by atoms with van der Waals surface area (Å²) >= 11 is 0. The minimum Gasteiger partial charge on any atom is -0.307 e. The lowest BCUT2D eigenvalue weighted by Crippen LogP contribution is -2.45. The fourth-order valence-electron chi connectivity index (χ4n) is 6.26. The van der Waals surface area contributed by atoms with Crippen LogP contribution in [-0.2, 0) is 35.7 Å². The molecule has 2 fully saturated rings. The molecule has 2 heterocycles. The molecule has 1 atom stereocenters. The van der Waals surface area contributed by atoms with Crippen molar-refractivity contribution < 1.29 is 13.2 Å². The zero-order valence-corrected chi connectivity index (χ0v) is 20.4. The summed E-state index contributed by atoms with van der Waals surface area (Å²) in [6.45, 7) is 3.19. The van der Waals surface area contributed by atoms with Crippen LogP contribution in [0.15, 0.2) is 17.6 Å². The van der Waals surface area contributed by atoms with E-state index in [9.17, 15) is 13.2 Å². The lowest BCUT2D eigenvalue weighted by molar-refractivity contribution is 0.124. The highest BCUT2D eigenvalue weighted by Gasteiger charge is 2.31. The number of anilines is 1. The van der Waals surface area contributed by atoms with Gasteiger partial charge in [0.1, 0.15) is 0 Å². The number of hydrogen-bond donors (Lipinski definition) is 2. The van der Waals surface area contributed by atoms with E-state index < -0.39 is 16.1 Å². The van der Waals surface area contributed by atoms with Crippen LogP contribution in [0.1, 0.15) is 60.8 Å². The Balaban J connectivity index is 1.24. The zero-order chi connectivity index (χ0) is 23.0. The minimum atomic E-state index is -3.86. The number of benzene rings is 1. The predicted octanol–water partition coefficient (Wildman–Crippen LogP) is 3.19. The van der Waals surface area contributed by atoms with Gasteiger partial charge in [-0.2, -0.15) is 0 Å². The molecule has 180 valence electrons. The van der Waals surface area contributed by atoms with Crippen LogP contribution in [0.5, 0.6) is 0 Å². The number of aryl methyl sites for hydroxylation is 2. The molecule has 4 aliphatic rings. The second-order valence-electron chi connectivity index (χ2n) is 10.1. The third-order valence-corrected chi connectivity index (χ3v) is 8.91. The number of sulfonamides is 1. The predicted molar refractivity (Wildman–Crippen MR) is 131 cm³/mol. The van der Waals surface area contributed by atoms with E-state index in [4.69, 9.17) is 0 Å². The molecule has 5 rings (SSSR count). The third-order valence-electron chi connectivity index (χ3n) is 7.93. The first-order valence-corrected chi connectivity index (χ1v) is 14.1. The zero-order valence-electron chi connectivity index (χ0n) is 19.6. The smallest absolute Gasteiger partial charge is 0.307 e. The molecule has 1 unspecified atom stereocenters. The maximum absolute atomic E-state index is 12.7. The molecule has 2 aliphatic heterocycles. The summed E-state index contributed by atoms with van der Waals surface area (Å²) in [5, 5.41) is 4.11. The number of nitrogens with zero attached hydrogens (tertiary/aromatic N) is 2. The van der Waals surface area contributed by atoms with Gasteiger partial charge in [-0.05, 0) is 113 Å². The van der Waals surface area contributed by atoms with Crippen LogP contribution in [0, 0.1) is 0 Å². The number of urea groups is 1. The summed E-state index contributed by atoms with van der Waals surface area (Å²) in [6, 6.07) is 2.27. The van der Waals surface area contributed by atoms with Crippen molar-refractivity contribution in [3.8, 4) is 0 Å². The van der Waals surface area contributed by atoms with E-state index in [0.29, 0.717) is 6.04 Å². The standard InChI is InChI=1S/C25H36N4O3S/c1-28-14-10-21(11-15-28)29-13-4-7-20(29)12-16-33(31,32)27-25(30)26-24-22-8-2-5-18(22)17-19-6-3-9-23(19)24/h12,16-17,20-21H,2-11,13-15H2,1H3,(H2,26,27,30)/b16-12+. The van der Waals surface area contributed by atoms with Gasteiger partial charge in [-0.1, -0.05) is 12.1 Å². The van der Waals surface area contributed by atoms with Gasteiger partial charge in [-0.25, -0.2) is 17.9 Å². The summed E-state index contributed by atoms with van der Waals surface area (Å²) in [4.78, 5) is 17.5. The quantitative estimate of drug-likeness (QED) is 0.688. The van der Waals surface area contributed by atoms with Gasteiger partial charge in [0.25, 0.3) is 10.0 Å². The summed E-state index contributed by atoms with van der Waals surface area (Å²) in [5.74, 6) is 0. The van der Waals surface area contributed by atoms with Crippen LogP contribution in [0.25, 0.3) is 0 Å². The highest BCUT2D eigenvalue weighted by Crippen LogP contribution is 2.38. The lowest BCUT2D eigenvalue weighted by atomic mass is 9.99. The van der Waals surface area contributed by atoms with E-state index in [-0.39, 0.29) is 6.04 Å². The second-order valence-corrected chi connectivity index (χ2v) is 11.7. The number of hydrogen-bond acceptors (Lipinski definition) is 5. The molecular weight excluding hydrogens is 436 g/mol. The van der Waals surface area contributed by atoms with Crippen molar-refractivity contribution in [1.29, 1.82) is 0 Å². The number of nitrogens with one attached hydrogen (secondary N) is 2. The number of rotatable bonds is 5. The van der Waals surface area contributed by atoms with E-state index in [1.54, 1.807) is 6.08 Å². The topological polar surface area (TPSA) is 81.8 Å². The van der Waals surface area contributed by atoms with E-state index >= 15 is 0 Å². The van der Waals surface area contributed by atoms with E-state index in [1.165, 1.54) is 27.7 Å². The molecular formula is C25H36N4O3S. The Labute approximate surface area is 197 Å². The summed E-state index contributed by atoms with van der Waals surface area (Å²) in [6.07, 6.45) is 12.2. The number of carbonyl (C=O) groups is 1. The van der Waals surface area contributed by atoms with Crippen LogP contribution in [0.4, 0.5) is 10.5 Å². The fourth-order valence-corrected chi connectivity index (χ4v) is 7.03. The van der Waals surface area contributed by atoms with Gasteiger partial charge >= 0.3 is 6.03 Å². The average Bonchev–Trinajstić information content (AvgIpc) is 3.53. The van der Waals surface area contributed by atoms with Crippen LogP contribution in [-0.4, -0.2) is 63.0 Å². The van der Waals surface area contributed by atoms with Gasteiger partial charge in [0.15, 0.2) is 0 Å². The van der Waals surface area contributed by atoms with Crippen LogP contribution < -0.4 is 10.0 Å². The van der Waals surface area contributed by atoms with Crippen LogP contribution in [0.3, 0.4) is 0 Å². The number of carbonyl (C=O) groups excluding carboxylic acids is 1. The number of piperidine rings is 1. The summed E-state index contributed by atoms with van der Waals surface area (Å²) in [7, 11) is -1.71. The van der Waals surface area contributed by atoms with Crippen molar-refractivity contribution in [3.63, 3.8) is 0 Å². The Hall–Kier alpha value is -1.90. The van der Waals surface area contributed by atoms with Gasteiger partial charge in [-0.15, -0.1) is 0 Å². The van der Waals surface area contributed by atoms with E-state index in [0.717, 1.165) is 89.5 Å². The molecule has 0 spiro atoms. The average molecular weight is 473 g/mol. The van der Waals surface area contributed by atoms with Gasteiger partial charge < -0.3 is 10.2 Å². The van der Waals surface area contributed by atoms with Crippen molar-refractivity contribution in [3.05, 3.63) is 39.8 Å². The minimum absolute atomic E-state index is 0.124. The van der Waals surface area contributed by atoms with Crippen molar-refractivity contribution in [2.75, 3.05) is 32.0 Å². The molecule has 2 saturated heterocycles. The maximum Gasteiger partial charge on any atom is 0.333 e. The first-order valence-electron chi connectivity index (χ1n) is 12.5. The van der Waals surface area contributed by atoms with Crippen molar-refractivity contribution >= 4 is 21.7 Å². The molecule has 2 amide bonds. The molecule has 0 saturated carbocycles. The van der Waals surface area contributed by atoms with Crippen LogP contribution in [0.2, 0.25) is 0 Å². The first-order chi connectivity index (χ1) is 15.9. The second kappa shape index (κ2) is 9.39. The van der Waals surface area contributed by atoms with Crippen LogP contribution >= 0.6 is 0 Å². The van der Waals surface area contributed by atoms with Gasteiger partial charge in [0.2, 0.25) is 0 Å². The molecule has 0 radical (unpaired) electrons. The monoisotopic (exact) mass is 472 g/mol. The number of amides is 2. The maximum atomic E-state index is 12.7.